The smallest absolute Gasteiger partial charge is 0.341 e. The summed E-state index contributed by atoms with van der Waals surface area (Å²) >= 11 is 0. The van der Waals surface area contributed by atoms with Crippen LogP contribution in [0.5, 0.6) is 0 Å². The summed E-state index contributed by atoms with van der Waals surface area (Å²) in [6.07, 6.45) is 3.51. The van der Waals surface area contributed by atoms with E-state index >= 15 is 0 Å². The number of aromatic nitrogens is 2. The third-order valence-corrected chi connectivity index (χ3v) is 7.48. The highest BCUT2D eigenvalue weighted by atomic mass is 32.2. The van der Waals surface area contributed by atoms with E-state index in [1.54, 1.807) is 0 Å². The first-order valence-electron chi connectivity index (χ1n) is 11.0. The normalized spacial score (nSPS) is 17.5. The van der Waals surface area contributed by atoms with E-state index < -0.39 is 26.4 Å². The van der Waals surface area contributed by atoms with Gasteiger partial charge in [-0.1, -0.05) is 12.1 Å². The third kappa shape index (κ3) is 4.92. The fraction of sp³-hybridized carbons (Fsp3) is 0.500. The van der Waals surface area contributed by atoms with Crippen LogP contribution in [-0.4, -0.2) is 74.2 Å². The van der Waals surface area contributed by atoms with Gasteiger partial charge in [-0.2, -0.15) is 8.78 Å². The Balaban J connectivity index is 1.48. The van der Waals surface area contributed by atoms with Gasteiger partial charge in [-0.05, 0) is 38.3 Å². The molecule has 1 aromatic heterocycles. The predicted octanol–water partition coefficient (Wildman–Crippen LogP) is 2.73. The van der Waals surface area contributed by atoms with Crippen LogP contribution in [-0.2, 0) is 9.84 Å². The minimum atomic E-state index is -4.88. The predicted molar refractivity (Wildman–Crippen MR) is 121 cm³/mol. The molecule has 0 spiro atoms. The van der Waals surface area contributed by atoms with Crippen LogP contribution in [0.15, 0.2) is 35.2 Å². The van der Waals surface area contributed by atoms with Gasteiger partial charge in [-0.25, -0.2) is 18.4 Å². The Morgan fingerprint density at radius 3 is 2.09 bits per heavy atom. The topological polar surface area (TPSA) is 86.7 Å². The zero-order chi connectivity index (χ0) is 23.6. The second kappa shape index (κ2) is 9.58. The number of hydrogen-bond acceptors (Lipinski definition) is 7. The van der Waals surface area contributed by atoms with Crippen molar-refractivity contribution in [1.29, 1.82) is 0 Å². The maximum Gasteiger partial charge on any atom is 0.341 e. The molecule has 0 aliphatic carbocycles. The number of amides is 1. The van der Waals surface area contributed by atoms with E-state index in [1.165, 1.54) is 29.5 Å². The number of aryl methyl sites for hydroxylation is 1. The SMILES string of the molecule is Cc1nc(N2CCCCC2)cc(N2CCN(C(=O)c3ccccc3S(=O)(=O)C(F)F)CC2)n1. The minimum Gasteiger partial charge on any atom is -0.356 e. The lowest BCUT2D eigenvalue weighted by atomic mass is 10.1. The molecule has 33 heavy (non-hydrogen) atoms. The Labute approximate surface area is 192 Å². The van der Waals surface area contributed by atoms with Crippen LogP contribution in [0.25, 0.3) is 0 Å². The first-order chi connectivity index (χ1) is 15.8. The van der Waals surface area contributed by atoms with E-state index in [9.17, 15) is 22.0 Å². The van der Waals surface area contributed by atoms with Crippen LogP contribution >= 0.6 is 0 Å². The van der Waals surface area contributed by atoms with E-state index in [0.29, 0.717) is 32.0 Å². The number of alkyl halides is 2. The molecule has 1 amide bonds. The Morgan fingerprint density at radius 1 is 0.909 bits per heavy atom. The Morgan fingerprint density at radius 2 is 1.48 bits per heavy atom. The number of piperidine rings is 1. The van der Waals surface area contributed by atoms with Crippen LogP contribution in [0.1, 0.15) is 35.4 Å². The molecule has 8 nitrogen and oxygen atoms in total. The highest BCUT2D eigenvalue weighted by Gasteiger charge is 2.33. The van der Waals surface area contributed by atoms with E-state index in [0.717, 1.165) is 43.6 Å². The number of carbonyl (C=O) groups excluding carboxylic acids is 1. The molecular weight excluding hydrogens is 452 g/mol. The van der Waals surface area contributed by atoms with Gasteiger partial charge in [0.05, 0.1) is 10.5 Å². The monoisotopic (exact) mass is 479 g/mol. The van der Waals surface area contributed by atoms with Gasteiger partial charge in [0.25, 0.3) is 5.91 Å². The highest BCUT2D eigenvalue weighted by molar-refractivity contribution is 7.91. The van der Waals surface area contributed by atoms with Gasteiger partial charge in [0.1, 0.15) is 17.5 Å². The molecule has 0 N–H and O–H groups in total. The van der Waals surface area contributed by atoms with Gasteiger partial charge >= 0.3 is 5.76 Å². The second-order valence-electron chi connectivity index (χ2n) is 8.26. The van der Waals surface area contributed by atoms with Crippen molar-refractivity contribution in [1.82, 2.24) is 14.9 Å². The number of piperazine rings is 1. The Kier molecular flexibility index (Phi) is 6.78. The largest absolute Gasteiger partial charge is 0.356 e. The molecule has 2 aromatic rings. The van der Waals surface area contributed by atoms with Crippen molar-refractivity contribution in [3.8, 4) is 0 Å². The molecule has 0 unspecified atom stereocenters. The number of rotatable bonds is 5. The molecule has 0 atom stereocenters. The van der Waals surface area contributed by atoms with Gasteiger partial charge in [0.2, 0.25) is 9.84 Å². The molecule has 2 saturated heterocycles. The van der Waals surface area contributed by atoms with Crippen LogP contribution in [0.3, 0.4) is 0 Å². The average molecular weight is 480 g/mol. The summed E-state index contributed by atoms with van der Waals surface area (Å²) in [5.74, 6) is -1.78. The van der Waals surface area contributed by atoms with Gasteiger partial charge in [0, 0.05) is 45.3 Å². The number of halogens is 2. The first kappa shape index (κ1) is 23.3. The van der Waals surface area contributed by atoms with E-state index in [4.69, 9.17) is 0 Å². The van der Waals surface area contributed by atoms with Crippen molar-refractivity contribution in [2.45, 2.75) is 36.8 Å². The summed E-state index contributed by atoms with van der Waals surface area (Å²) in [6, 6.07) is 7.11. The number of nitrogens with zero attached hydrogens (tertiary/aromatic N) is 5. The molecule has 0 saturated carbocycles. The number of hydrogen-bond donors (Lipinski definition) is 0. The fourth-order valence-electron chi connectivity index (χ4n) is 4.28. The van der Waals surface area contributed by atoms with Crippen LogP contribution < -0.4 is 9.80 Å². The molecule has 178 valence electrons. The molecule has 2 aliphatic rings. The molecule has 3 heterocycles. The summed E-state index contributed by atoms with van der Waals surface area (Å²) in [6.45, 7) is 5.43. The third-order valence-electron chi connectivity index (χ3n) is 6.04. The molecule has 2 aliphatic heterocycles. The van der Waals surface area contributed by atoms with E-state index in [2.05, 4.69) is 19.8 Å². The van der Waals surface area contributed by atoms with Crippen molar-refractivity contribution in [2.75, 3.05) is 49.1 Å². The number of carbonyl (C=O) groups is 1. The Bertz CT molecular complexity index is 1110. The maximum absolute atomic E-state index is 13.1. The molecule has 1 aromatic carbocycles. The summed E-state index contributed by atoms with van der Waals surface area (Å²) in [5, 5.41) is 0. The Hall–Kier alpha value is -2.82. The molecular formula is C22H27F2N5O3S. The van der Waals surface area contributed by atoms with Gasteiger partial charge in [0.15, 0.2) is 0 Å². The van der Waals surface area contributed by atoms with Crippen LogP contribution in [0, 0.1) is 6.92 Å². The van der Waals surface area contributed by atoms with Crippen molar-refractivity contribution in [3.63, 3.8) is 0 Å². The maximum atomic E-state index is 13.1. The fourth-order valence-corrected chi connectivity index (χ4v) is 5.20. The van der Waals surface area contributed by atoms with Crippen molar-refractivity contribution >= 4 is 27.4 Å². The van der Waals surface area contributed by atoms with Crippen molar-refractivity contribution in [3.05, 3.63) is 41.7 Å². The van der Waals surface area contributed by atoms with Crippen molar-refractivity contribution in [2.24, 2.45) is 0 Å². The lowest BCUT2D eigenvalue weighted by molar-refractivity contribution is 0.0742. The summed E-state index contributed by atoms with van der Waals surface area (Å²) < 4.78 is 50.2. The first-order valence-corrected chi connectivity index (χ1v) is 12.6. The summed E-state index contributed by atoms with van der Waals surface area (Å²) in [4.78, 5) is 27.4. The number of sulfone groups is 1. The van der Waals surface area contributed by atoms with Gasteiger partial charge in [-0.15, -0.1) is 0 Å². The second-order valence-corrected chi connectivity index (χ2v) is 10.1. The van der Waals surface area contributed by atoms with Gasteiger partial charge in [-0.3, -0.25) is 4.79 Å². The minimum absolute atomic E-state index is 0.225. The number of benzene rings is 1. The molecule has 0 radical (unpaired) electrons. The zero-order valence-electron chi connectivity index (χ0n) is 18.5. The van der Waals surface area contributed by atoms with E-state index in [1.807, 2.05) is 13.0 Å². The molecule has 4 rings (SSSR count). The molecule has 0 bridgehead atoms. The summed E-state index contributed by atoms with van der Waals surface area (Å²) in [5.41, 5.74) is -0.225. The van der Waals surface area contributed by atoms with Gasteiger partial charge < -0.3 is 14.7 Å². The molecule has 11 heteroatoms. The zero-order valence-corrected chi connectivity index (χ0v) is 19.3. The lowest BCUT2D eigenvalue weighted by Crippen LogP contribution is -2.49. The average Bonchev–Trinajstić information content (AvgIpc) is 2.84. The standard InChI is InChI=1S/C22H27F2N5O3S/c1-16-25-19(27-9-5-2-6-10-27)15-20(26-16)28-11-13-29(14-12-28)21(30)17-7-3-4-8-18(17)33(31,32)22(23)24/h3-4,7-8,15,22H,2,5-6,9-14H2,1H3. The summed E-state index contributed by atoms with van der Waals surface area (Å²) in [7, 11) is -4.88. The van der Waals surface area contributed by atoms with Crippen LogP contribution in [0.2, 0.25) is 0 Å². The van der Waals surface area contributed by atoms with Crippen molar-refractivity contribution < 1.29 is 22.0 Å². The quantitative estimate of drug-likeness (QED) is 0.652. The molecule has 2 fully saturated rings. The van der Waals surface area contributed by atoms with E-state index in [-0.39, 0.29) is 5.56 Å². The van der Waals surface area contributed by atoms with Crippen LogP contribution in [0.4, 0.5) is 20.4 Å². The number of anilines is 2. The lowest BCUT2D eigenvalue weighted by Gasteiger charge is -2.36. The highest BCUT2D eigenvalue weighted by Crippen LogP contribution is 2.26.